The Morgan fingerprint density at radius 3 is 2.56 bits per heavy atom. The molecule has 5 rings (SSSR count). The lowest BCUT2D eigenvalue weighted by Crippen LogP contribution is -2.26. The van der Waals surface area contributed by atoms with Gasteiger partial charge in [0.2, 0.25) is 0 Å². The number of carbonyl (C=O) groups is 1. The van der Waals surface area contributed by atoms with E-state index < -0.39 is 0 Å². The molecule has 0 aliphatic heterocycles. The summed E-state index contributed by atoms with van der Waals surface area (Å²) in [5.74, 6) is 0.895. The number of carbonyl (C=O) groups excluding carboxylic acids is 1. The van der Waals surface area contributed by atoms with Crippen LogP contribution in [0, 0.1) is 0 Å². The predicted molar refractivity (Wildman–Crippen MR) is 151 cm³/mol. The van der Waals surface area contributed by atoms with Crippen LogP contribution in [0.3, 0.4) is 0 Å². The number of fused-ring (bicyclic) bond motifs is 2. The van der Waals surface area contributed by atoms with E-state index >= 15 is 0 Å². The molecule has 2 aromatic heterocycles. The summed E-state index contributed by atoms with van der Waals surface area (Å²) in [5, 5.41) is 17.5. The van der Waals surface area contributed by atoms with Crippen molar-refractivity contribution in [2.45, 2.75) is 13.3 Å². The van der Waals surface area contributed by atoms with Gasteiger partial charge in [-0.25, -0.2) is 9.97 Å². The van der Waals surface area contributed by atoms with Gasteiger partial charge in [0, 0.05) is 6.54 Å². The summed E-state index contributed by atoms with van der Waals surface area (Å²) in [6.07, 6.45) is 2.18. The summed E-state index contributed by atoms with van der Waals surface area (Å²) >= 11 is 0. The monoisotopic (exact) mass is 524 g/mol. The van der Waals surface area contributed by atoms with E-state index in [1.165, 1.54) is 10.7 Å². The van der Waals surface area contributed by atoms with E-state index in [4.69, 9.17) is 25.2 Å². The minimum absolute atomic E-state index is 0.0332. The SMILES string of the molecule is CCOc1cc(/C=N/n2c(N)c(C(=O)NCCc3ccc(OC)cc3)c3nc4ccccc4nc32)ccc1O. The third kappa shape index (κ3) is 5.30. The summed E-state index contributed by atoms with van der Waals surface area (Å²) in [4.78, 5) is 22.8. The normalized spacial score (nSPS) is 11.3. The molecule has 0 aliphatic rings. The number of aromatic hydroxyl groups is 1. The number of hydrogen-bond donors (Lipinski definition) is 3. The van der Waals surface area contributed by atoms with E-state index in [1.54, 1.807) is 25.5 Å². The average molecular weight is 525 g/mol. The Labute approximate surface area is 224 Å². The quantitative estimate of drug-likeness (QED) is 0.247. The molecule has 3 aromatic carbocycles. The van der Waals surface area contributed by atoms with Crippen molar-refractivity contribution in [3.8, 4) is 17.2 Å². The predicted octanol–water partition coefficient (Wildman–Crippen LogP) is 4.13. The van der Waals surface area contributed by atoms with E-state index in [0.717, 1.165) is 11.3 Å². The number of hydrogen-bond acceptors (Lipinski definition) is 8. The molecule has 0 unspecified atom stereocenters. The number of rotatable bonds is 9. The maximum absolute atomic E-state index is 13.4. The maximum atomic E-state index is 13.4. The van der Waals surface area contributed by atoms with Gasteiger partial charge >= 0.3 is 0 Å². The molecule has 1 amide bonds. The second-order valence-electron chi connectivity index (χ2n) is 8.72. The highest BCUT2D eigenvalue weighted by Crippen LogP contribution is 2.29. The molecular formula is C29H28N6O4. The van der Waals surface area contributed by atoms with E-state index in [9.17, 15) is 9.90 Å². The van der Waals surface area contributed by atoms with Crippen molar-refractivity contribution in [3.05, 3.63) is 83.4 Å². The molecule has 198 valence electrons. The highest BCUT2D eigenvalue weighted by atomic mass is 16.5. The van der Waals surface area contributed by atoms with Crippen LogP contribution in [-0.4, -0.2) is 52.1 Å². The van der Waals surface area contributed by atoms with Gasteiger partial charge in [-0.1, -0.05) is 24.3 Å². The van der Waals surface area contributed by atoms with Crippen LogP contribution in [0.4, 0.5) is 5.82 Å². The van der Waals surface area contributed by atoms with Crippen molar-refractivity contribution in [2.24, 2.45) is 5.10 Å². The average Bonchev–Trinajstić information content (AvgIpc) is 3.22. The van der Waals surface area contributed by atoms with Crippen molar-refractivity contribution in [1.29, 1.82) is 0 Å². The molecule has 5 aromatic rings. The molecule has 0 saturated heterocycles. The molecule has 10 nitrogen and oxygen atoms in total. The fourth-order valence-corrected chi connectivity index (χ4v) is 4.20. The van der Waals surface area contributed by atoms with Gasteiger partial charge in [-0.3, -0.25) is 4.79 Å². The van der Waals surface area contributed by atoms with Crippen molar-refractivity contribution < 1.29 is 19.4 Å². The van der Waals surface area contributed by atoms with Crippen molar-refractivity contribution in [2.75, 3.05) is 26.0 Å². The third-order valence-electron chi connectivity index (χ3n) is 6.17. The zero-order valence-electron chi connectivity index (χ0n) is 21.6. The Morgan fingerprint density at radius 1 is 1.10 bits per heavy atom. The summed E-state index contributed by atoms with van der Waals surface area (Å²) in [6, 6.07) is 19.9. The number of aromatic nitrogens is 3. The molecule has 39 heavy (non-hydrogen) atoms. The number of nitrogens with zero attached hydrogens (tertiary/aromatic N) is 4. The Bertz CT molecular complexity index is 1680. The Balaban J connectivity index is 1.48. The topological polar surface area (TPSA) is 137 Å². The van der Waals surface area contributed by atoms with Crippen LogP contribution in [-0.2, 0) is 6.42 Å². The Morgan fingerprint density at radius 2 is 1.85 bits per heavy atom. The standard InChI is InChI=1S/C29H28N6O4/c1-3-39-24-16-19(10-13-23(24)36)17-32-35-27(30)25(26-28(35)34-22-7-5-4-6-21(22)33-26)29(37)31-15-14-18-8-11-20(38-2)12-9-18/h4-13,16-17,36H,3,14-15,30H2,1-2H3,(H,31,37)/b32-17+. The number of nitrogens with two attached hydrogens (primary N) is 1. The number of para-hydroxylation sites is 2. The molecule has 0 atom stereocenters. The third-order valence-corrected chi connectivity index (χ3v) is 6.17. The molecule has 0 radical (unpaired) electrons. The lowest BCUT2D eigenvalue weighted by Gasteiger charge is -2.07. The zero-order valence-corrected chi connectivity index (χ0v) is 21.6. The van der Waals surface area contributed by atoms with Gasteiger partial charge in [0.05, 0.1) is 31.0 Å². The number of phenolic OH excluding ortho intramolecular Hbond substituents is 1. The summed E-state index contributed by atoms with van der Waals surface area (Å²) in [5.41, 5.74) is 10.4. The van der Waals surface area contributed by atoms with E-state index in [2.05, 4.69) is 10.4 Å². The minimum Gasteiger partial charge on any atom is -0.504 e. The number of phenols is 1. The van der Waals surface area contributed by atoms with E-state index in [-0.39, 0.29) is 23.0 Å². The molecule has 2 heterocycles. The van der Waals surface area contributed by atoms with Crippen LogP contribution in [0.5, 0.6) is 17.2 Å². The Kier molecular flexibility index (Phi) is 7.26. The highest BCUT2D eigenvalue weighted by Gasteiger charge is 2.24. The molecule has 10 heteroatoms. The fourth-order valence-electron chi connectivity index (χ4n) is 4.20. The van der Waals surface area contributed by atoms with Gasteiger partial charge in [0.15, 0.2) is 17.1 Å². The summed E-state index contributed by atoms with van der Waals surface area (Å²) in [7, 11) is 1.62. The van der Waals surface area contributed by atoms with Gasteiger partial charge < -0.3 is 25.6 Å². The van der Waals surface area contributed by atoms with Crippen LogP contribution in [0.1, 0.15) is 28.4 Å². The number of benzene rings is 3. The first-order valence-electron chi connectivity index (χ1n) is 12.5. The van der Waals surface area contributed by atoms with Gasteiger partial charge in [-0.15, -0.1) is 0 Å². The van der Waals surface area contributed by atoms with Gasteiger partial charge in [-0.2, -0.15) is 9.78 Å². The minimum atomic E-state index is -0.368. The van der Waals surface area contributed by atoms with Crippen LogP contribution < -0.4 is 20.5 Å². The number of anilines is 1. The van der Waals surface area contributed by atoms with Crippen molar-refractivity contribution >= 4 is 40.1 Å². The first kappa shape index (κ1) is 25.5. The lowest BCUT2D eigenvalue weighted by atomic mass is 10.1. The number of methoxy groups -OCH3 is 1. The van der Waals surface area contributed by atoms with Crippen LogP contribution >= 0.6 is 0 Å². The first-order valence-corrected chi connectivity index (χ1v) is 12.5. The van der Waals surface area contributed by atoms with E-state index in [1.807, 2.05) is 55.5 Å². The van der Waals surface area contributed by atoms with Crippen LogP contribution in [0.15, 0.2) is 71.8 Å². The highest BCUT2D eigenvalue weighted by molar-refractivity contribution is 6.10. The smallest absolute Gasteiger partial charge is 0.257 e. The van der Waals surface area contributed by atoms with Crippen molar-refractivity contribution in [1.82, 2.24) is 20.0 Å². The number of nitrogens with one attached hydrogen (secondary N) is 1. The number of amides is 1. The maximum Gasteiger partial charge on any atom is 0.257 e. The second kappa shape index (κ2) is 11.1. The van der Waals surface area contributed by atoms with Gasteiger partial charge in [-0.05, 0) is 66.9 Å². The van der Waals surface area contributed by atoms with Crippen LogP contribution in [0.2, 0.25) is 0 Å². The van der Waals surface area contributed by atoms with E-state index in [0.29, 0.717) is 53.1 Å². The molecule has 0 spiro atoms. The van der Waals surface area contributed by atoms with Gasteiger partial charge in [0.25, 0.3) is 5.91 Å². The fraction of sp³-hybridized carbons (Fsp3) is 0.172. The molecule has 0 aliphatic carbocycles. The van der Waals surface area contributed by atoms with Crippen molar-refractivity contribution in [3.63, 3.8) is 0 Å². The first-order chi connectivity index (χ1) is 19.0. The second-order valence-corrected chi connectivity index (χ2v) is 8.72. The van der Waals surface area contributed by atoms with Crippen LogP contribution in [0.25, 0.3) is 22.2 Å². The molecular weight excluding hydrogens is 496 g/mol. The number of nitrogen functional groups attached to an aromatic ring is 1. The molecule has 4 N–H and O–H groups in total. The summed E-state index contributed by atoms with van der Waals surface area (Å²) in [6.45, 7) is 2.64. The van der Waals surface area contributed by atoms with Gasteiger partial charge in [0.1, 0.15) is 22.6 Å². The molecule has 0 bridgehead atoms. The summed E-state index contributed by atoms with van der Waals surface area (Å²) < 4.78 is 12.1. The zero-order chi connectivity index (χ0) is 27.4. The largest absolute Gasteiger partial charge is 0.504 e. The Hall–Kier alpha value is -5.12. The molecule has 0 saturated carbocycles. The molecule has 0 fully saturated rings. The lowest BCUT2D eigenvalue weighted by molar-refractivity contribution is 0.0956. The number of ether oxygens (including phenoxy) is 2.